The third-order valence-corrected chi connectivity index (χ3v) is 5.03. The summed E-state index contributed by atoms with van der Waals surface area (Å²) in [5.41, 5.74) is 1.49. The van der Waals surface area contributed by atoms with Crippen LogP contribution in [0, 0.1) is 0 Å². The van der Waals surface area contributed by atoms with Gasteiger partial charge < -0.3 is 29.3 Å². The monoisotopic (exact) mass is 464 g/mol. The first-order chi connectivity index (χ1) is 16.5. The number of aryl methyl sites for hydroxylation is 1. The number of hydrogen-bond donors (Lipinski definition) is 2. The first-order valence-corrected chi connectivity index (χ1v) is 10.7. The van der Waals surface area contributed by atoms with Crippen LogP contribution in [0.15, 0.2) is 71.0 Å². The summed E-state index contributed by atoms with van der Waals surface area (Å²) in [5, 5.41) is 5.52. The van der Waals surface area contributed by atoms with Crippen LogP contribution in [0.4, 0.5) is 0 Å². The summed E-state index contributed by atoms with van der Waals surface area (Å²) in [5.74, 6) is 1.26. The Balaban J connectivity index is 1.66. The molecule has 1 aromatic heterocycles. The molecule has 2 N–H and O–H groups in total. The van der Waals surface area contributed by atoms with E-state index in [1.807, 2.05) is 24.3 Å². The van der Waals surface area contributed by atoms with Crippen LogP contribution in [0.2, 0.25) is 0 Å². The van der Waals surface area contributed by atoms with E-state index in [9.17, 15) is 9.59 Å². The van der Waals surface area contributed by atoms with E-state index in [0.29, 0.717) is 29.4 Å². The molecule has 0 fully saturated rings. The maximum Gasteiger partial charge on any atom is 0.267 e. The zero-order chi connectivity index (χ0) is 24.3. The Labute approximate surface area is 198 Å². The highest BCUT2D eigenvalue weighted by Gasteiger charge is 2.17. The molecular formula is C26H28N2O6. The largest absolute Gasteiger partial charge is 0.497 e. The normalized spacial score (nSPS) is 11.0. The number of hydrogen-bond acceptors (Lipinski definition) is 6. The van der Waals surface area contributed by atoms with Crippen LogP contribution in [0.5, 0.6) is 17.2 Å². The van der Waals surface area contributed by atoms with Crippen molar-refractivity contribution in [3.8, 4) is 17.2 Å². The van der Waals surface area contributed by atoms with Gasteiger partial charge in [0, 0.05) is 18.2 Å². The van der Waals surface area contributed by atoms with Crippen molar-refractivity contribution in [2.45, 2.75) is 12.8 Å². The molecule has 0 saturated carbocycles. The van der Waals surface area contributed by atoms with Crippen LogP contribution in [-0.2, 0) is 11.2 Å². The van der Waals surface area contributed by atoms with Gasteiger partial charge in [-0.15, -0.1) is 0 Å². The molecule has 0 saturated heterocycles. The fraction of sp³-hybridized carbons (Fsp3) is 0.231. The third-order valence-electron chi connectivity index (χ3n) is 5.03. The molecular weight excluding hydrogens is 436 g/mol. The van der Waals surface area contributed by atoms with E-state index >= 15 is 0 Å². The molecule has 0 spiro atoms. The summed E-state index contributed by atoms with van der Waals surface area (Å²) >= 11 is 0. The third kappa shape index (κ3) is 6.65. The number of amides is 2. The summed E-state index contributed by atoms with van der Waals surface area (Å²) in [6.45, 7) is 0.428. The Morgan fingerprint density at radius 1 is 0.941 bits per heavy atom. The zero-order valence-electron chi connectivity index (χ0n) is 19.4. The lowest BCUT2D eigenvalue weighted by Gasteiger charge is -2.12. The summed E-state index contributed by atoms with van der Waals surface area (Å²) in [7, 11) is 4.63. The number of carbonyl (C=O) groups is 2. The predicted octanol–water partition coefficient (Wildman–Crippen LogP) is 3.83. The van der Waals surface area contributed by atoms with Crippen LogP contribution < -0.4 is 24.8 Å². The highest BCUT2D eigenvalue weighted by molar-refractivity contribution is 6.05. The predicted molar refractivity (Wildman–Crippen MR) is 128 cm³/mol. The first kappa shape index (κ1) is 24.4. The second-order valence-corrected chi connectivity index (χ2v) is 7.31. The number of carbonyl (C=O) groups excluding carboxylic acids is 2. The molecule has 0 atom stereocenters. The van der Waals surface area contributed by atoms with Gasteiger partial charge in [-0.25, -0.2) is 0 Å². The minimum atomic E-state index is -0.467. The molecule has 178 valence electrons. The van der Waals surface area contributed by atoms with Crippen molar-refractivity contribution < 1.29 is 28.2 Å². The molecule has 8 heteroatoms. The molecule has 0 aliphatic heterocycles. The lowest BCUT2D eigenvalue weighted by atomic mass is 10.1. The molecule has 0 bridgehead atoms. The molecule has 2 aromatic carbocycles. The van der Waals surface area contributed by atoms with E-state index in [2.05, 4.69) is 10.6 Å². The van der Waals surface area contributed by atoms with Crippen LogP contribution in [-0.4, -0.2) is 39.7 Å². The summed E-state index contributed by atoms with van der Waals surface area (Å²) in [6, 6.07) is 16.0. The molecule has 3 rings (SSSR count). The molecule has 1 heterocycles. The van der Waals surface area contributed by atoms with Gasteiger partial charge in [-0.1, -0.05) is 12.1 Å². The topological polar surface area (TPSA) is 99.0 Å². The Morgan fingerprint density at radius 2 is 1.76 bits per heavy atom. The lowest BCUT2D eigenvalue weighted by Crippen LogP contribution is -2.35. The van der Waals surface area contributed by atoms with E-state index in [4.69, 9.17) is 18.6 Å². The van der Waals surface area contributed by atoms with E-state index in [0.717, 1.165) is 24.2 Å². The number of benzene rings is 2. The van der Waals surface area contributed by atoms with Crippen molar-refractivity contribution in [1.29, 1.82) is 0 Å². The van der Waals surface area contributed by atoms with Crippen molar-refractivity contribution in [3.05, 3.63) is 83.4 Å². The molecule has 8 nitrogen and oxygen atoms in total. The standard InChI is InChI=1S/C26H28N2O6/c1-31-20-9-4-7-18(15-20)8-5-13-27-26(30)22(17-21-10-6-14-34-21)28-25(29)19-11-12-23(32-2)24(16-19)33-3/h4,6-7,9-12,14-17H,5,8,13H2,1-3H3,(H,27,30)(H,28,29)/b22-17-. The summed E-state index contributed by atoms with van der Waals surface area (Å²) in [4.78, 5) is 25.7. The average Bonchev–Trinajstić information content (AvgIpc) is 3.38. The fourth-order valence-corrected chi connectivity index (χ4v) is 3.26. The van der Waals surface area contributed by atoms with Gasteiger partial charge >= 0.3 is 0 Å². The maximum absolute atomic E-state index is 12.9. The summed E-state index contributed by atoms with van der Waals surface area (Å²) in [6.07, 6.45) is 4.46. The van der Waals surface area contributed by atoms with Crippen LogP contribution in [0.1, 0.15) is 28.1 Å². The van der Waals surface area contributed by atoms with Gasteiger partial charge in [0.15, 0.2) is 11.5 Å². The van der Waals surface area contributed by atoms with Crippen molar-refractivity contribution >= 4 is 17.9 Å². The van der Waals surface area contributed by atoms with Gasteiger partial charge in [0.2, 0.25) is 0 Å². The highest BCUT2D eigenvalue weighted by Crippen LogP contribution is 2.27. The van der Waals surface area contributed by atoms with Crippen molar-refractivity contribution in [1.82, 2.24) is 10.6 Å². The van der Waals surface area contributed by atoms with Crippen LogP contribution >= 0.6 is 0 Å². The fourth-order valence-electron chi connectivity index (χ4n) is 3.26. The average molecular weight is 465 g/mol. The van der Waals surface area contributed by atoms with E-state index in [1.54, 1.807) is 37.4 Å². The molecule has 34 heavy (non-hydrogen) atoms. The molecule has 2 amide bonds. The second-order valence-electron chi connectivity index (χ2n) is 7.31. The van der Waals surface area contributed by atoms with Crippen LogP contribution in [0.3, 0.4) is 0 Å². The Kier molecular flexibility index (Phi) is 8.73. The number of furan rings is 1. The SMILES string of the molecule is COc1cccc(CCCNC(=O)/C(=C/c2ccco2)NC(=O)c2ccc(OC)c(OC)c2)c1. The van der Waals surface area contributed by atoms with Gasteiger partial charge in [-0.05, 0) is 60.9 Å². The summed E-state index contributed by atoms with van der Waals surface area (Å²) < 4.78 is 21.0. The second kappa shape index (κ2) is 12.2. The van der Waals surface area contributed by atoms with Crippen LogP contribution in [0.25, 0.3) is 6.08 Å². The van der Waals surface area contributed by atoms with Gasteiger partial charge in [-0.2, -0.15) is 0 Å². The minimum Gasteiger partial charge on any atom is -0.497 e. The quantitative estimate of drug-likeness (QED) is 0.331. The number of nitrogens with one attached hydrogen (secondary N) is 2. The molecule has 3 aromatic rings. The number of ether oxygens (including phenoxy) is 3. The molecule has 0 aliphatic rings. The minimum absolute atomic E-state index is 0.0658. The smallest absolute Gasteiger partial charge is 0.267 e. The van der Waals surface area contributed by atoms with Crippen molar-refractivity contribution in [2.75, 3.05) is 27.9 Å². The van der Waals surface area contributed by atoms with E-state index in [-0.39, 0.29) is 5.70 Å². The molecule has 0 aliphatic carbocycles. The molecule has 0 unspecified atom stereocenters. The van der Waals surface area contributed by atoms with Gasteiger partial charge in [0.1, 0.15) is 17.2 Å². The maximum atomic E-state index is 12.9. The highest BCUT2D eigenvalue weighted by atomic mass is 16.5. The molecule has 0 radical (unpaired) electrons. The van der Waals surface area contributed by atoms with Crippen molar-refractivity contribution in [2.24, 2.45) is 0 Å². The Hall–Kier alpha value is -4.20. The number of methoxy groups -OCH3 is 3. The van der Waals surface area contributed by atoms with E-state index in [1.165, 1.54) is 26.6 Å². The number of rotatable bonds is 11. The van der Waals surface area contributed by atoms with Crippen molar-refractivity contribution in [3.63, 3.8) is 0 Å². The van der Waals surface area contributed by atoms with E-state index < -0.39 is 11.8 Å². The van der Waals surface area contributed by atoms with Gasteiger partial charge in [0.25, 0.3) is 11.8 Å². The zero-order valence-corrected chi connectivity index (χ0v) is 19.4. The van der Waals surface area contributed by atoms with Gasteiger partial charge in [0.05, 0.1) is 27.6 Å². The first-order valence-electron chi connectivity index (χ1n) is 10.7. The Bertz CT molecular complexity index is 1140. The lowest BCUT2D eigenvalue weighted by molar-refractivity contribution is -0.117. The van der Waals surface area contributed by atoms with Gasteiger partial charge in [-0.3, -0.25) is 9.59 Å². The Morgan fingerprint density at radius 3 is 2.47 bits per heavy atom.